The molecular formula is C32H34ClF2N5O3S. The third-order valence-corrected chi connectivity index (χ3v) is 11.2. The Balaban J connectivity index is 1.34. The molecule has 12 heteroatoms. The highest BCUT2D eigenvalue weighted by atomic mass is 35.5. The number of carbonyl (C=O) groups excluding carboxylic acids is 1. The average molecular weight is 642 g/mol. The van der Waals surface area contributed by atoms with Crippen molar-refractivity contribution in [2.24, 2.45) is 5.41 Å². The molecule has 5 heterocycles. The summed E-state index contributed by atoms with van der Waals surface area (Å²) in [5, 5.41) is 1.00. The first-order valence-corrected chi connectivity index (χ1v) is 16.4. The fourth-order valence-electron chi connectivity index (χ4n) is 7.15. The number of carbonyl (C=O) groups is 1. The molecule has 3 aromatic rings. The molecule has 232 valence electrons. The number of likely N-dealkylation sites (tertiary alicyclic amines) is 1. The first-order valence-electron chi connectivity index (χ1n) is 15.0. The van der Waals surface area contributed by atoms with Gasteiger partial charge in [0.25, 0.3) is 0 Å². The van der Waals surface area contributed by atoms with Crippen LogP contribution in [0.25, 0.3) is 22.0 Å². The highest BCUT2D eigenvalue weighted by Crippen LogP contribution is 2.48. The maximum absolute atomic E-state index is 15.2. The minimum atomic E-state index is -0.716. The molecule has 0 saturated carbocycles. The Hall–Kier alpha value is -2.99. The first-order chi connectivity index (χ1) is 21.2. The number of anilines is 1. The van der Waals surface area contributed by atoms with Gasteiger partial charge in [0.05, 0.1) is 29.8 Å². The minimum Gasteiger partial charge on any atom is -0.380 e. The van der Waals surface area contributed by atoms with Crippen molar-refractivity contribution in [3.05, 3.63) is 64.1 Å². The number of rotatable bonds is 5. The van der Waals surface area contributed by atoms with Crippen LogP contribution in [-0.2, 0) is 9.53 Å². The molecule has 0 bridgehead atoms. The van der Waals surface area contributed by atoms with E-state index >= 15 is 4.39 Å². The van der Waals surface area contributed by atoms with Crippen LogP contribution >= 0.6 is 23.4 Å². The summed E-state index contributed by atoms with van der Waals surface area (Å²) >= 11 is 8.48. The summed E-state index contributed by atoms with van der Waals surface area (Å²) in [5.74, 6) is -0.439. The van der Waals surface area contributed by atoms with E-state index in [9.17, 15) is 14.0 Å². The molecule has 0 N–H and O–H groups in total. The van der Waals surface area contributed by atoms with Gasteiger partial charge in [-0.15, -0.1) is 11.8 Å². The van der Waals surface area contributed by atoms with E-state index in [1.807, 2.05) is 11.8 Å². The number of hydrogen-bond donors (Lipinski definition) is 0. The van der Waals surface area contributed by atoms with E-state index < -0.39 is 11.6 Å². The summed E-state index contributed by atoms with van der Waals surface area (Å²) in [5.41, 5.74) is 1.24. The zero-order valence-corrected chi connectivity index (χ0v) is 26.1. The van der Waals surface area contributed by atoms with E-state index in [-0.39, 0.29) is 29.2 Å². The Morgan fingerprint density at radius 1 is 1.20 bits per heavy atom. The zero-order valence-electron chi connectivity index (χ0n) is 24.5. The predicted molar refractivity (Wildman–Crippen MR) is 169 cm³/mol. The lowest BCUT2D eigenvalue weighted by Gasteiger charge is -2.48. The van der Waals surface area contributed by atoms with Gasteiger partial charge in [0.2, 0.25) is 5.91 Å². The van der Waals surface area contributed by atoms with Gasteiger partial charge < -0.3 is 19.4 Å². The molecule has 3 saturated heterocycles. The summed E-state index contributed by atoms with van der Waals surface area (Å²) in [4.78, 5) is 37.9. The minimum absolute atomic E-state index is 0.127. The van der Waals surface area contributed by atoms with E-state index in [1.54, 1.807) is 27.3 Å². The Kier molecular flexibility index (Phi) is 7.71. The van der Waals surface area contributed by atoms with E-state index in [2.05, 4.69) is 16.5 Å². The normalized spacial score (nSPS) is 23.2. The Morgan fingerprint density at radius 2 is 1.98 bits per heavy atom. The first kappa shape index (κ1) is 29.7. The standard InChI is InChI=1S/C32H34ClF2N5O3S/c1-3-26(41)38-10-11-39(19(2)14-38)30-23-13-24(33)27(22-5-4-20(34)12-25(22)35)29-28(23)40(31(42)36-30)21(16-44-29)15-37-8-6-32(7-9-37)17-43-18-32/h3-5,12-13,19,21H,1,6-11,14-18H2,2H3/t19-,21-/m0/s1. The summed E-state index contributed by atoms with van der Waals surface area (Å²) in [7, 11) is 0. The van der Waals surface area contributed by atoms with Crippen molar-refractivity contribution in [1.29, 1.82) is 0 Å². The van der Waals surface area contributed by atoms with Crippen LogP contribution in [-0.4, -0.2) is 89.5 Å². The third-order valence-electron chi connectivity index (χ3n) is 9.67. The molecule has 2 atom stereocenters. The van der Waals surface area contributed by atoms with Crippen molar-refractivity contribution in [2.45, 2.75) is 36.7 Å². The number of piperidine rings is 1. The van der Waals surface area contributed by atoms with Crippen LogP contribution in [0, 0.1) is 17.0 Å². The van der Waals surface area contributed by atoms with Crippen LogP contribution in [0.2, 0.25) is 5.02 Å². The highest BCUT2D eigenvalue weighted by Gasteiger charge is 2.42. The molecule has 8 nitrogen and oxygen atoms in total. The van der Waals surface area contributed by atoms with Crippen LogP contribution in [0.1, 0.15) is 25.8 Å². The summed E-state index contributed by atoms with van der Waals surface area (Å²) in [6.45, 7) is 11.2. The number of benzene rings is 2. The molecule has 0 radical (unpaired) electrons. The summed E-state index contributed by atoms with van der Waals surface area (Å²) < 4.78 is 36.4. The predicted octanol–water partition coefficient (Wildman–Crippen LogP) is 4.98. The molecule has 4 aliphatic rings. The molecule has 0 unspecified atom stereocenters. The number of halogens is 3. The molecule has 1 amide bonds. The van der Waals surface area contributed by atoms with Crippen molar-refractivity contribution < 1.29 is 18.3 Å². The van der Waals surface area contributed by atoms with Crippen molar-refractivity contribution in [1.82, 2.24) is 19.4 Å². The largest absolute Gasteiger partial charge is 0.380 e. The number of aromatic nitrogens is 2. The molecule has 0 aliphatic carbocycles. The fourth-order valence-corrected chi connectivity index (χ4v) is 8.83. The Labute approximate surface area is 263 Å². The maximum atomic E-state index is 15.2. The number of ether oxygens (including phenoxy) is 1. The lowest BCUT2D eigenvalue weighted by atomic mass is 9.77. The lowest BCUT2D eigenvalue weighted by Crippen LogP contribution is -2.54. The molecule has 3 fully saturated rings. The van der Waals surface area contributed by atoms with Crippen LogP contribution in [0.3, 0.4) is 0 Å². The molecule has 2 aromatic carbocycles. The molecule has 1 spiro atoms. The Morgan fingerprint density at radius 3 is 2.64 bits per heavy atom. The molecular weight excluding hydrogens is 608 g/mol. The summed E-state index contributed by atoms with van der Waals surface area (Å²) in [6.07, 6.45) is 3.46. The smallest absolute Gasteiger partial charge is 0.350 e. The van der Waals surface area contributed by atoms with Crippen molar-refractivity contribution in [3.63, 3.8) is 0 Å². The van der Waals surface area contributed by atoms with Crippen LogP contribution < -0.4 is 10.6 Å². The van der Waals surface area contributed by atoms with Gasteiger partial charge in [-0.2, -0.15) is 4.98 Å². The van der Waals surface area contributed by atoms with Gasteiger partial charge in [0.15, 0.2) is 0 Å². The van der Waals surface area contributed by atoms with Gasteiger partial charge in [0.1, 0.15) is 17.5 Å². The SMILES string of the molecule is C=CC(=O)N1CCN(c2nc(=O)n3c4c(c(-c5ccc(F)cc5F)c(Cl)cc24)SC[C@@H]3CN2CCC3(CC2)COC3)[C@@H](C)C1. The molecule has 1 aromatic heterocycles. The van der Waals surface area contributed by atoms with Gasteiger partial charge in [-0.25, -0.2) is 13.6 Å². The van der Waals surface area contributed by atoms with Gasteiger partial charge in [-0.3, -0.25) is 9.36 Å². The molecule has 4 aliphatic heterocycles. The van der Waals surface area contributed by atoms with E-state index in [0.29, 0.717) is 69.5 Å². The number of nitrogens with zero attached hydrogens (tertiary/aromatic N) is 5. The highest BCUT2D eigenvalue weighted by molar-refractivity contribution is 7.99. The molecule has 44 heavy (non-hydrogen) atoms. The quantitative estimate of drug-likeness (QED) is 0.364. The van der Waals surface area contributed by atoms with Crippen molar-refractivity contribution >= 4 is 46.0 Å². The maximum Gasteiger partial charge on any atom is 0.350 e. The number of piperazine rings is 1. The fraction of sp³-hybridized carbons (Fsp3) is 0.469. The Bertz CT molecular complexity index is 1720. The lowest BCUT2D eigenvalue weighted by molar-refractivity contribution is -0.140. The second kappa shape index (κ2) is 11.4. The average Bonchev–Trinajstić information content (AvgIpc) is 2.99. The van der Waals surface area contributed by atoms with Crippen LogP contribution in [0.4, 0.5) is 14.6 Å². The molecule has 7 rings (SSSR count). The number of hydrogen-bond acceptors (Lipinski definition) is 7. The second-order valence-electron chi connectivity index (χ2n) is 12.5. The summed E-state index contributed by atoms with van der Waals surface area (Å²) in [6, 6.07) is 4.95. The topological polar surface area (TPSA) is 70.9 Å². The van der Waals surface area contributed by atoms with Gasteiger partial charge in [-0.1, -0.05) is 18.2 Å². The van der Waals surface area contributed by atoms with Gasteiger partial charge in [0, 0.05) is 70.9 Å². The van der Waals surface area contributed by atoms with Crippen LogP contribution in [0.15, 0.2) is 46.6 Å². The van der Waals surface area contributed by atoms with E-state index in [1.165, 1.54) is 18.2 Å². The zero-order chi connectivity index (χ0) is 30.7. The second-order valence-corrected chi connectivity index (χ2v) is 13.9. The van der Waals surface area contributed by atoms with E-state index in [0.717, 1.165) is 45.2 Å². The monoisotopic (exact) mass is 641 g/mol. The third kappa shape index (κ3) is 5.02. The van der Waals surface area contributed by atoms with Gasteiger partial charge >= 0.3 is 5.69 Å². The van der Waals surface area contributed by atoms with Crippen molar-refractivity contribution in [3.8, 4) is 11.1 Å². The number of thioether (sulfide) groups is 1. The van der Waals surface area contributed by atoms with Crippen LogP contribution in [0.5, 0.6) is 0 Å². The van der Waals surface area contributed by atoms with Gasteiger partial charge in [-0.05, 0) is 57.1 Å². The van der Waals surface area contributed by atoms with E-state index in [4.69, 9.17) is 16.3 Å². The number of amides is 1. The van der Waals surface area contributed by atoms with Crippen molar-refractivity contribution in [2.75, 3.05) is 63.1 Å².